The van der Waals surface area contributed by atoms with Gasteiger partial charge in [0.15, 0.2) is 0 Å². The number of rotatable bonds is 7. The maximum Gasteiger partial charge on any atom is 0.0136 e. The van der Waals surface area contributed by atoms with Crippen LogP contribution in [0.25, 0.3) is 0 Å². The Kier molecular flexibility index (Phi) is 6.28. The number of aryl methyl sites for hydroxylation is 1. The van der Waals surface area contributed by atoms with Gasteiger partial charge in [-0.25, -0.2) is 0 Å². The van der Waals surface area contributed by atoms with Crippen LogP contribution in [0.5, 0.6) is 0 Å². The zero-order valence-electron chi connectivity index (χ0n) is 14.2. The Morgan fingerprint density at radius 2 is 1.48 bits per heavy atom. The quantitative estimate of drug-likeness (QED) is 0.643. The first kappa shape index (κ1) is 16.3. The van der Waals surface area contributed by atoms with Gasteiger partial charge < -0.3 is 4.90 Å². The molecule has 0 radical (unpaired) electrons. The van der Waals surface area contributed by atoms with Gasteiger partial charge in [-0.2, -0.15) is 0 Å². The second-order valence-electron chi connectivity index (χ2n) is 6.82. The fraction of sp³-hybridized carbons (Fsp3) is 0.455. The summed E-state index contributed by atoms with van der Waals surface area (Å²) in [6.07, 6.45) is 9.21. The van der Waals surface area contributed by atoms with Crippen molar-refractivity contribution in [1.29, 1.82) is 0 Å². The molecule has 0 saturated carbocycles. The summed E-state index contributed by atoms with van der Waals surface area (Å²) in [6, 6.07) is 22.7. The molecule has 0 bridgehead atoms. The van der Waals surface area contributed by atoms with Crippen LogP contribution in [0.1, 0.15) is 43.2 Å². The van der Waals surface area contributed by atoms with E-state index in [-0.39, 0.29) is 0 Å². The Morgan fingerprint density at radius 1 is 0.783 bits per heavy atom. The standard InChI is InChI=1S/C22H29N/c1-3-11-20(12-4-1)13-7-9-17-23-18-10-8-16-22(23)19-21-14-5-2-6-15-21/h1-6,11-12,14-15,22H,7-10,13,16-19H2. The predicted octanol–water partition coefficient (Wildman–Crippen LogP) is 5.11. The van der Waals surface area contributed by atoms with Crippen LogP contribution in [-0.2, 0) is 12.8 Å². The van der Waals surface area contributed by atoms with Crippen LogP contribution in [0.2, 0.25) is 0 Å². The molecule has 1 nitrogen and oxygen atoms in total. The first-order valence-corrected chi connectivity index (χ1v) is 9.24. The average Bonchev–Trinajstić information content (AvgIpc) is 2.62. The number of likely N-dealkylation sites (tertiary alicyclic amines) is 1. The summed E-state index contributed by atoms with van der Waals surface area (Å²) in [5, 5.41) is 0. The first-order chi connectivity index (χ1) is 11.4. The third kappa shape index (κ3) is 5.21. The van der Waals surface area contributed by atoms with Crippen molar-refractivity contribution in [3.8, 4) is 0 Å². The van der Waals surface area contributed by atoms with E-state index >= 15 is 0 Å². The molecule has 1 saturated heterocycles. The fourth-order valence-corrected chi connectivity index (χ4v) is 3.76. The highest BCUT2D eigenvalue weighted by Crippen LogP contribution is 2.21. The molecule has 1 heterocycles. The number of hydrogen-bond acceptors (Lipinski definition) is 1. The highest BCUT2D eigenvalue weighted by atomic mass is 15.2. The molecule has 1 aliphatic heterocycles. The van der Waals surface area contributed by atoms with Crippen LogP contribution >= 0.6 is 0 Å². The topological polar surface area (TPSA) is 3.24 Å². The lowest BCUT2D eigenvalue weighted by Crippen LogP contribution is -2.41. The number of unbranched alkanes of at least 4 members (excludes halogenated alkanes) is 1. The minimum absolute atomic E-state index is 0.753. The van der Waals surface area contributed by atoms with E-state index in [1.165, 1.54) is 69.2 Å². The molecule has 0 amide bonds. The Bertz CT molecular complexity index is 549. The van der Waals surface area contributed by atoms with Gasteiger partial charge in [0.05, 0.1) is 0 Å². The number of piperidine rings is 1. The van der Waals surface area contributed by atoms with E-state index in [1.807, 2.05) is 0 Å². The SMILES string of the molecule is c1ccc(CCCCN2CCCCC2Cc2ccccc2)cc1. The van der Waals surface area contributed by atoms with Gasteiger partial charge in [0.2, 0.25) is 0 Å². The van der Waals surface area contributed by atoms with Crippen LogP contribution in [0.15, 0.2) is 60.7 Å². The molecule has 1 atom stereocenters. The molecular weight excluding hydrogens is 278 g/mol. The molecule has 0 aliphatic carbocycles. The molecule has 2 aromatic carbocycles. The van der Waals surface area contributed by atoms with E-state index in [0.717, 1.165) is 6.04 Å². The maximum atomic E-state index is 2.75. The molecule has 122 valence electrons. The summed E-state index contributed by atoms with van der Waals surface area (Å²) >= 11 is 0. The van der Waals surface area contributed by atoms with Gasteiger partial charge >= 0.3 is 0 Å². The molecular formula is C22H29N. The van der Waals surface area contributed by atoms with Gasteiger partial charge in [0, 0.05) is 6.04 Å². The second-order valence-corrected chi connectivity index (χ2v) is 6.82. The van der Waals surface area contributed by atoms with Crippen molar-refractivity contribution in [3.63, 3.8) is 0 Å². The first-order valence-electron chi connectivity index (χ1n) is 9.24. The molecule has 0 spiro atoms. The Labute approximate surface area is 141 Å². The predicted molar refractivity (Wildman–Crippen MR) is 98.7 cm³/mol. The van der Waals surface area contributed by atoms with E-state index in [2.05, 4.69) is 65.6 Å². The van der Waals surface area contributed by atoms with Crippen molar-refractivity contribution in [3.05, 3.63) is 71.8 Å². The molecule has 3 rings (SSSR count). The van der Waals surface area contributed by atoms with Crippen LogP contribution in [0.3, 0.4) is 0 Å². The lowest BCUT2D eigenvalue weighted by molar-refractivity contribution is 0.145. The van der Waals surface area contributed by atoms with Crippen molar-refractivity contribution >= 4 is 0 Å². The van der Waals surface area contributed by atoms with Crippen LogP contribution in [0, 0.1) is 0 Å². The number of nitrogens with zero attached hydrogens (tertiary/aromatic N) is 1. The van der Waals surface area contributed by atoms with E-state index in [4.69, 9.17) is 0 Å². The summed E-state index contributed by atoms with van der Waals surface area (Å²) in [6.45, 7) is 2.56. The van der Waals surface area contributed by atoms with Gasteiger partial charge in [-0.15, -0.1) is 0 Å². The monoisotopic (exact) mass is 307 g/mol. The second kappa shape index (κ2) is 8.88. The summed E-state index contributed by atoms with van der Waals surface area (Å²) in [7, 11) is 0. The van der Waals surface area contributed by atoms with Crippen molar-refractivity contribution in [2.75, 3.05) is 13.1 Å². The van der Waals surface area contributed by atoms with E-state index < -0.39 is 0 Å². The van der Waals surface area contributed by atoms with Crippen molar-refractivity contribution in [2.45, 2.75) is 51.0 Å². The van der Waals surface area contributed by atoms with Gasteiger partial charge in [0.1, 0.15) is 0 Å². The lowest BCUT2D eigenvalue weighted by atomic mass is 9.95. The van der Waals surface area contributed by atoms with Gasteiger partial charge in [0.25, 0.3) is 0 Å². The lowest BCUT2D eigenvalue weighted by Gasteiger charge is -2.36. The number of benzene rings is 2. The maximum absolute atomic E-state index is 2.75. The van der Waals surface area contributed by atoms with Crippen molar-refractivity contribution in [2.24, 2.45) is 0 Å². The smallest absolute Gasteiger partial charge is 0.0136 e. The van der Waals surface area contributed by atoms with Gasteiger partial charge in [-0.05, 0) is 62.7 Å². The summed E-state index contributed by atoms with van der Waals surface area (Å²) in [5.74, 6) is 0. The van der Waals surface area contributed by atoms with Crippen LogP contribution < -0.4 is 0 Å². The summed E-state index contributed by atoms with van der Waals surface area (Å²) in [4.78, 5) is 2.75. The third-order valence-electron chi connectivity index (χ3n) is 5.07. The van der Waals surface area contributed by atoms with E-state index in [1.54, 1.807) is 0 Å². The minimum Gasteiger partial charge on any atom is -0.300 e. The van der Waals surface area contributed by atoms with Crippen molar-refractivity contribution < 1.29 is 0 Å². The average molecular weight is 307 g/mol. The number of hydrogen-bond donors (Lipinski definition) is 0. The van der Waals surface area contributed by atoms with Crippen LogP contribution in [-0.4, -0.2) is 24.0 Å². The zero-order chi connectivity index (χ0) is 15.7. The van der Waals surface area contributed by atoms with Gasteiger partial charge in [-0.1, -0.05) is 67.1 Å². The molecule has 1 unspecified atom stereocenters. The normalized spacial score (nSPS) is 18.9. The molecule has 0 N–H and O–H groups in total. The van der Waals surface area contributed by atoms with E-state index in [9.17, 15) is 0 Å². The fourth-order valence-electron chi connectivity index (χ4n) is 3.76. The Morgan fingerprint density at radius 3 is 2.22 bits per heavy atom. The Balaban J connectivity index is 1.45. The van der Waals surface area contributed by atoms with E-state index in [0.29, 0.717) is 0 Å². The van der Waals surface area contributed by atoms with Crippen molar-refractivity contribution in [1.82, 2.24) is 4.90 Å². The molecule has 1 aliphatic rings. The van der Waals surface area contributed by atoms with Crippen LogP contribution in [0.4, 0.5) is 0 Å². The summed E-state index contributed by atoms with van der Waals surface area (Å²) in [5.41, 5.74) is 2.97. The molecule has 2 aromatic rings. The zero-order valence-corrected chi connectivity index (χ0v) is 14.2. The molecule has 0 aromatic heterocycles. The highest BCUT2D eigenvalue weighted by molar-refractivity contribution is 5.16. The highest BCUT2D eigenvalue weighted by Gasteiger charge is 2.21. The Hall–Kier alpha value is -1.60. The van der Waals surface area contributed by atoms with Gasteiger partial charge in [-0.3, -0.25) is 0 Å². The largest absolute Gasteiger partial charge is 0.300 e. The third-order valence-corrected chi connectivity index (χ3v) is 5.07. The minimum atomic E-state index is 0.753. The summed E-state index contributed by atoms with van der Waals surface area (Å²) < 4.78 is 0. The molecule has 1 heteroatoms. The molecule has 1 fully saturated rings. The molecule has 23 heavy (non-hydrogen) atoms.